The Morgan fingerprint density at radius 3 is 2.56 bits per heavy atom. The Morgan fingerprint density at radius 2 is 2.11 bits per heavy atom. The molecule has 1 rings (SSSR count). The van der Waals surface area contributed by atoms with Crippen LogP contribution in [-0.2, 0) is 14.8 Å². The van der Waals surface area contributed by atoms with Crippen LogP contribution < -0.4 is 5.32 Å². The summed E-state index contributed by atoms with van der Waals surface area (Å²) in [7, 11) is -3.20. The van der Waals surface area contributed by atoms with Gasteiger partial charge in [-0.15, -0.1) is 0 Å². The average molecular weight is 284 g/mol. The lowest BCUT2D eigenvalue weighted by atomic mass is 10.1. The number of nitrogens with one attached hydrogen (secondary N) is 1. The molecule has 18 heavy (non-hydrogen) atoms. The van der Waals surface area contributed by atoms with E-state index in [9.17, 15) is 22.0 Å². The van der Waals surface area contributed by atoms with Gasteiger partial charge in [-0.25, -0.2) is 21.5 Å². The summed E-state index contributed by atoms with van der Waals surface area (Å²) >= 11 is 0. The van der Waals surface area contributed by atoms with Crippen LogP contribution in [0.1, 0.15) is 19.8 Å². The van der Waals surface area contributed by atoms with E-state index in [-0.39, 0.29) is 12.5 Å². The van der Waals surface area contributed by atoms with Gasteiger partial charge in [0.2, 0.25) is 15.9 Å². The number of amides is 1. The van der Waals surface area contributed by atoms with E-state index < -0.39 is 28.3 Å². The van der Waals surface area contributed by atoms with Crippen molar-refractivity contribution in [2.24, 2.45) is 5.92 Å². The maximum absolute atomic E-state index is 12.5. The van der Waals surface area contributed by atoms with Crippen LogP contribution in [0.3, 0.4) is 0 Å². The predicted molar refractivity (Wildman–Crippen MR) is 62.8 cm³/mol. The first-order chi connectivity index (χ1) is 8.08. The second kappa shape index (κ2) is 5.48. The first kappa shape index (κ1) is 15.3. The van der Waals surface area contributed by atoms with E-state index in [1.165, 1.54) is 4.31 Å². The smallest absolute Gasteiger partial charge is 0.254 e. The lowest BCUT2D eigenvalue weighted by molar-refractivity contribution is -0.127. The summed E-state index contributed by atoms with van der Waals surface area (Å²) < 4.78 is 48.9. The van der Waals surface area contributed by atoms with Crippen molar-refractivity contribution in [3.8, 4) is 0 Å². The molecule has 1 unspecified atom stereocenters. The van der Waals surface area contributed by atoms with Gasteiger partial charge >= 0.3 is 0 Å². The Bertz CT molecular complexity index is 406. The molecule has 0 aromatic carbocycles. The summed E-state index contributed by atoms with van der Waals surface area (Å²) in [4.78, 5) is 11.2. The SMILES string of the molecule is CC(F)(F)CC(=O)NCC1CCN(S(C)(=O)=O)C1. The maximum Gasteiger partial charge on any atom is 0.254 e. The molecule has 1 fully saturated rings. The molecule has 0 aromatic rings. The number of hydrogen-bond acceptors (Lipinski definition) is 3. The number of nitrogens with zero attached hydrogens (tertiary/aromatic N) is 1. The van der Waals surface area contributed by atoms with Gasteiger partial charge in [0.15, 0.2) is 0 Å². The fourth-order valence-corrected chi connectivity index (χ4v) is 2.79. The number of carbonyl (C=O) groups is 1. The third-order valence-electron chi connectivity index (χ3n) is 2.78. The molecule has 1 aliphatic rings. The quantitative estimate of drug-likeness (QED) is 0.796. The molecule has 0 spiro atoms. The molecule has 1 N–H and O–H groups in total. The maximum atomic E-state index is 12.5. The summed E-state index contributed by atoms with van der Waals surface area (Å²) in [6.45, 7) is 1.68. The van der Waals surface area contributed by atoms with E-state index in [1.807, 2.05) is 0 Å². The lowest BCUT2D eigenvalue weighted by Crippen LogP contribution is -2.34. The molecule has 8 heteroatoms. The summed E-state index contributed by atoms with van der Waals surface area (Å²) in [6, 6.07) is 0. The molecular formula is C10H18F2N2O3S. The highest BCUT2D eigenvalue weighted by molar-refractivity contribution is 7.88. The minimum Gasteiger partial charge on any atom is -0.356 e. The van der Waals surface area contributed by atoms with Crippen LogP contribution in [0.2, 0.25) is 0 Å². The summed E-state index contributed by atoms with van der Waals surface area (Å²) in [5, 5.41) is 2.41. The number of halogens is 2. The van der Waals surface area contributed by atoms with E-state index in [4.69, 9.17) is 0 Å². The van der Waals surface area contributed by atoms with Crippen LogP contribution in [-0.4, -0.2) is 50.4 Å². The molecule has 106 valence electrons. The van der Waals surface area contributed by atoms with Gasteiger partial charge in [0, 0.05) is 19.6 Å². The normalized spacial score (nSPS) is 22.1. The highest BCUT2D eigenvalue weighted by Gasteiger charge is 2.30. The van der Waals surface area contributed by atoms with Gasteiger partial charge in [-0.05, 0) is 19.3 Å². The van der Waals surface area contributed by atoms with E-state index in [1.54, 1.807) is 0 Å². The van der Waals surface area contributed by atoms with Crippen molar-refractivity contribution in [1.29, 1.82) is 0 Å². The summed E-state index contributed by atoms with van der Waals surface area (Å²) in [5.74, 6) is -3.73. The molecule has 5 nitrogen and oxygen atoms in total. The van der Waals surface area contributed by atoms with Crippen LogP contribution in [0.4, 0.5) is 8.78 Å². The van der Waals surface area contributed by atoms with Gasteiger partial charge in [0.1, 0.15) is 0 Å². The third kappa shape index (κ3) is 5.26. The highest BCUT2D eigenvalue weighted by Crippen LogP contribution is 2.19. The molecule has 0 radical (unpaired) electrons. The molecule has 1 amide bonds. The number of sulfonamides is 1. The number of alkyl halides is 2. The molecule has 1 aliphatic heterocycles. The Kier molecular flexibility index (Phi) is 4.66. The van der Waals surface area contributed by atoms with Gasteiger partial charge < -0.3 is 5.32 Å². The molecule has 0 bridgehead atoms. The number of hydrogen-bond donors (Lipinski definition) is 1. The standard InChI is InChI=1S/C10H18F2N2O3S/c1-10(11,12)5-9(15)13-6-8-3-4-14(7-8)18(2,16)17/h8H,3-7H2,1-2H3,(H,13,15). The molecule has 0 saturated carbocycles. The van der Waals surface area contributed by atoms with Crippen molar-refractivity contribution in [2.75, 3.05) is 25.9 Å². The van der Waals surface area contributed by atoms with E-state index in [2.05, 4.69) is 5.32 Å². The minimum absolute atomic E-state index is 0.00541. The van der Waals surface area contributed by atoms with Crippen molar-refractivity contribution in [3.63, 3.8) is 0 Å². The van der Waals surface area contributed by atoms with E-state index >= 15 is 0 Å². The Morgan fingerprint density at radius 1 is 1.50 bits per heavy atom. The van der Waals surface area contributed by atoms with Crippen LogP contribution >= 0.6 is 0 Å². The topological polar surface area (TPSA) is 66.5 Å². The zero-order valence-electron chi connectivity index (χ0n) is 10.4. The van der Waals surface area contributed by atoms with Crippen LogP contribution in [0, 0.1) is 5.92 Å². The first-order valence-corrected chi connectivity index (χ1v) is 7.52. The predicted octanol–water partition coefficient (Wildman–Crippen LogP) is 0.429. The second-order valence-electron chi connectivity index (χ2n) is 4.83. The van der Waals surface area contributed by atoms with Gasteiger partial charge in [-0.3, -0.25) is 4.79 Å². The monoisotopic (exact) mass is 284 g/mol. The summed E-state index contributed by atoms with van der Waals surface area (Å²) in [5.41, 5.74) is 0. The van der Waals surface area contributed by atoms with Gasteiger partial charge in [-0.2, -0.15) is 0 Å². The van der Waals surface area contributed by atoms with Crippen molar-refractivity contribution in [3.05, 3.63) is 0 Å². The van der Waals surface area contributed by atoms with E-state index in [0.29, 0.717) is 26.4 Å². The molecule has 1 heterocycles. The Balaban J connectivity index is 2.32. The Labute approximate surface area is 106 Å². The molecule has 0 aromatic heterocycles. The fourth-order valence-electron chi connectivity index (χ4n) is 1.87. The van der Waals surface area contributed by atoms with Crippen LogP contribution in [0.15, 0.2) is 0 Å². The minimum atomic E-state index is -3.20. The van der Waals surface area contributed by atoms with Crippen LogP contribution in [0.5, 0.6) is 0 Å². The third-order valence-corrected chi connectivity index (χ3v) is 4.05. The first-order valence-electron chi connectivity index (χ1n) is 5.67. The Hall–Kier alpha value is -0.760. The molecule has 0 aliphatic carbocycles. The van der Waals surface area contributed by atoms with Crippen LogP contribution in [0.25, 0.3) is 0 Å². The van der Waals surface area contributed by atoms with Crippen molar-refractivity contribution < 1.29 is 22.0 Å². The largest absolute Gasteiger partial charge is 0.356 e. The molecule has 1 saturated heterocycles. The molecular weight excluding hydrogens is 266 g/mol. The average Bonchev–Trinajstić information content (AvgIpc) is 2.59. The highest BCUT2D eigenvalue weighted by atomic mass is 32.2. The zero-order valence-corrected chi connectivity index (χ0v) is 11.3. The van der Waals surface area contributed by atoms with Crippen molar-refractivity contribution in [1.82, 2.24) is 9.62 Å². The lowest BCUT2D eigenvalue weighted by Gasteiger charge is -2.15. The van der Waals surface area contributed by atoms with Gasteiger partial charge in [0.25, 0.3) is 5.92 Å². The number of rotatable bonds is 5. The zero-order chi connectivity index (χ0) is 14.0. The van der Waals surface area contributed by atoms with E-state index in [0.717, 1.165) is 6.26 Å². The van der Waals surface area contributed by atoms with Crippen molar-refractivity contribution >= 4 is 15.9 Å². The molecule has 1 atom stereocenters. The van der Waals surface area contributed by atoms with Gasteiger partial charge in [0.05, 0.1) is 12.7 Å². The fraction of sp³-hybridized carbons (Fsp3) is 0.900. The second-order valence-corrected chi connectivity index (χ2v) is 6.81. The number of carbonyl (C=O) groups excluding carboxylic acids is 1. The van der Waals surface area contributed by atoms with Gasteiger partial charge in [-0.1, -0.05) is 0 Å². The summed E-state index contributed by atoms with van der Waals surface area (Å²) in [6.07, 6.45) is 0.928. The van der Waals surface area contributed by atoms with Crippen molar-refractivity contribution in [2.45, 2.75) is 25.7 Å².